The van der Waals surface area contributed by atoms with Gasteiger partial charge in [0.2, 0.25) is 0 Å². The van der Waals surface area contributed by atoms with Gasteiger partial charge in [-0.15, -0.1) is 11.8 Å². The van der Waals surface area contributed by atoms with E-state index in [1.54, 1.807) is 17.8 Å². The topological polar surface area (TPSA) is 32.7 Å². The van der Waals surface area contributed by atoms with Crippen molar-refractivity contribution in [3.63, 3.8) is 0 Å². The molecule has 0 fully saturated rings. The average Bonchev–Trinajstić information content (AvgIpc) is 3.04. The molecule has 0 saturated heterocycles. The Morgan fingerprint density at radius 3 is 2.68 bits per heavy atom. The second kappa shape index (κ2) is 6.32. The minimum absolute atomic E-state index is 0.268. The summed E-state index contributed by atoms with van der Waals surface area (Å²) in [6.07, 6.45) is 2.74. The van der Waals surface area contributed by atoms with Gasteiger partial charge in [-0.25, -0.2) is 9.40 Å². The van der Waals surface area contributed by atoms with Crippen molar-refractivity contribution < 1.29 is 9.18 Å². The summed E-state index contributed by atoms with van der Waals surface area (Å²) in [5.41, 5.74) is 2.23. The first-order valence-electron chi connectivity index (χ1n) is 6.97. The lowest BCUT2D eigenvalue weighted by Gasteiger charge is -2.11. The normalized spacial score (nSPS) is 14.1. The molecule has 1 heterocycles. The van der Waals surface area contributed by atoms with Crippen LogP contribution in [0, 0.1) is 5.82 Å². The third-order valence-electron chi connectivity index (χ3n) is 3.53. The van der Waals surface area contributed by atoms with Crippen molar-refractivity contribution in [3.05, 3.63) is 65.5 Å². The Morgan fingerprint density at radius 1 is 1.23 bits per heavy atom. The SMILES string of the molecule is CSc1ccc(C2=NN(C(=O)c3cccc(F)c3)CC2)cc1. The fourth-order valence-corrected chi connectivity index (χ4v) is 2.77. The fraction of sp³-hybridized carbons (Fsp3) is 0.176. The number of hydrogen-bond donors (Lipinski definition) is 0. The number of hydrogen-bond acceptors (Lipinski definition) is 3. The van der Waals surface area contributed by atoms with E-state index in [1.165, 1.54) is 28.1 Å². The Bertz CT molecular complexity index is 728. The van der Waals surface area contributed by atoms with Gasteiger partial charge in [-0.05, 0) is 42.2 Å². The Kier molecular flexibility index (Phi) is 4.24. The standard InChI is InChI=1S/C17H15FN2OS/c1-22-15-7-5-12(6-8-15)16-9-10-20(19-16)17(21)13-3-2-4-14(18)11-13/h2-8,11H,9-10H2,1H3. The molecule has 0 aliphatic carbocycles. The highest BCUT2D eigenvalue weighted by molar-refractivity contribution is 7.98. The molecule has 22 heavy (non-hydrogen) atoms. The van der Waals surface area contributed by atoms with E-state index in [4.69, 9.17) is 0 Å². The predicted molar refractivity (Wildman–Crippen MR) is 86.8 cm³/mol. The van der Waals surface area contributed by atoms with Crippen LogP contribution in [0.4, 0.5) is 4.39 Å². The van der Waals surface area contributed by atoms with Gasteiger partial charge in [0.15, 0.2) is 0 Å². The quantitative estimate of drug-likeness (QED) is 0.807. The zero-order valence-electron chi connectivity index (χ0n) is 12.1. The largest absolute Gasteiger partial charge is 0.274 e. The van der Waals surface area contributed by atoms with Crippen molar-refractivity contribution in [2.45, 2.75) is 11.3 Å². The monoisotopic (exact) mass is 314 g/mol. The second-order valence-corrected chi connectivity index (χ2v) is 5.84. The van der Waals surface area contributed by atoms with Gasteiger partial charge in [0, 0.05) is 16.9 Å². The summed E-state index contributed by atoms with van der Waals surface area (Å²) < 4.78 is 13.2. The first kappa shape index (κ1) is 14.8. The van der Waals surface area contributed by atoms with Crippen LogP contribution in [0.2, 0.25) is 0 Å². The maximum atomic E-state index is 13.2. The molecule has 3 nitrogen and oxygen atoms in total. The van der Waals surface area contributed by atoms with Crippen LogP contribution in [0.25, 0.3) is 0 Å². The van der Waals surface area contributed by atoms with Gasteiger partial charge < -0.3 is 0 Å². The van der Waals surface area contributed by atoms with E-state index in [1.807, 2.05) is 30.5 Å². The molecule has 0 unspecified atom stereocenters. The number of nitrogens with zero attached hydrogens (tertiary/aromatic N) is 2. The number of carbonyl (C=O) groups excluding carboxylic acids is 1. The van der Waals surface area contributed by atoms with Crippen LogP contribution in [0.1, 0.15) is 22.3 Å². The summed E-state index contributed by atoms with van der Waals surface area (Å²) in [6, 6.07) is 13.8. The van der Waals surface area contributed by atoms with E-state index in [-0.39, 0.29) is 5.91 Å². The van der Waals surface area contributed by atoms with E-state index in [0.29, 0.717) is 18.5 Å². The predicted octanol–water partition coefficient (Wildman–Crippen LogP) is 3.80. The summed E-state index contributed by atoms with van der Waals surface area (Å²) in [5, 5.41) is 5.80. The average molecular weight is 314 g/mol. The van der Waals surface area contributed by atoms with E-state index < -0.39 is 5.82 Å². The molecule has 5 heteroatoms. The Labute approximate surface area is 132 Å². The summed E-state index contributed by atoms with van der Waals surface area (Å²) in [4.78, 5) is 13.5. The molecule has 0 N–H and O–H groups in total. The molecule has 0 aromatic heterocycles. The highest BCUT2D eigenvalue weighted by Crippen LogP contribution is 2.20. The number of benzene rings is 2. The van der Waals surface area contributed by atoms with Crippen LogP contribution in [0.5, 0.6) is 0 Å². The Balaban J connectivity index is 1.80. The van der Waals surface area contributed by atoms with Gasteiger partial charge in [-0.2, -0.15) is 5.10 Å². The van der Waals surface area contributed by atoms with Crippen LogP contribution in [0.15, 0.2) is 58.5 Å². The van der Waals surface area contributed by atoms with Crippen LogP contribution in [0.3, 0.4) is 0 Å². The van der Waals surface area contributed by atoms with Crippen LogP contribution >= 0.6 is 11.8 Å². The van der Waals surface area contributed by atoms with Crippen LogP contribution in [-0.2, 0) is 0 Å². The van der Waals surface area contributed by atoms with E-state index in [9.17, 15) is 9.18 Å². The van der Waals surface area contributed by atoms with E-state index in [2.05, 4.69) is 5.10 Å². The molecule has 0 atom stereocenters. The highest BCUT2D eigenvalue weighted by atomic mass is 32.2. The number of amides is 1. The maximum absolute atomic E-state index is 13.2. The van der Waals surface area contributed by atoms with Crippen molar-refractivity contribution in [2.75, 3.05) is 12.8 Å². The molecule has 2 aromatic carbocycles. The van der Waals surface area contributed by atoms with Gasteiger partial charge in [-0.3, -0.25) is 4.79 Å². The Hall–Kier alpha value is -2.14. The summed E-state index contributed by atoms with van der Waals surface area (Å²) in [5.74, 6) is -0.683. The second-order valence-electron chi connectivity index (χ2n) is 4.96. The lowest BCUT2D eigenvalue weighted by molar-refractivity contribution is 0.0778. The third-order valence-corrected chi connectivity index (χ3v) is 4.27. The van der Waals surface area contributed by atoms with Crippen molar-refractivity contribution in [1.82, 2.24) is 5.01 Å². The molecule has 1 aliphatic heterocycles. The molecule has 0 spiro atoms. The molecule has 1 amide bonds. The lowest BCUT2D eigenvalue weighted by Crippen LogP contribution is -2.23. The maximum Gasteiger partial charge on any atom is 0.274 e. The molecule has 1 aliphatic rings. The molecule has 0 saturated carbocycles. The number of rotatable bonds is 3. The number of carbonyl (C=O) groups is 1. The summed E-state index contributed by atoms with van der Waals surface area (Å²) >= 11 is 1.68. The van der Waals surface area contributed by atoms with E-state index in [0.717, 1.165) is 11.3 Å². The minimum atomic E-state index is -0.415. The van der Waals surface area contributed by atoms with Gasteiger partial charge in [0.05, 0.1) is 12.3 Å². The zero-order chi connectivity index (χ0) is 15.5. The Morgan fingerprint density at radius 2 is 2.00 bits per heavy atom. The summed E-state index contributed by atoms with van der Waals surface area (Å²) in [7, 11) is 0. The van der Waals surface area contributed by atoms with Gasteiger partial charge in [0.1, 0.15) is 5.82 Å². The summed E-state index contributed by atoms with van der Waals surface area (Å²) in [6.45, 7) is 0.523. The van der Waals surface area contributed by atoms with Crippen molar-refractivity contribution in [1.29, 1.82) is 0 Å². The first-order valence-corrected chi connectivity index (χ1v) is 8.19. The van der Waals surface area contributed by atoms with Crippen LogP contribution in [-0.4, -0.2) is 29.4 Å². The van der Waals surface area contributed by atoms with Gasteiger partial charge >= 0.3 is 0 Å². The molecule has 3 rings (SSSR count). The number of halogens is 1. The number of hydrazone groups is 1. The molecule has 0 radical (unpaired) electrons. The number of thioether (sulfide) groups is 1. The molecular weight excluding hydrogens is 299 g/mol. The van der Waals surface area contributed by atoms with Crippen molar-refractivity contribution in [2.24, 2.45) is 5.10 Å². The zero-order valence-corrected chi connectivity index (χ0v) is 12.9. The highest BCUT2D eigenvalue weighted by Gasteiger charge is 2.22. The van der Waals surface area contributed by atoms with Gasteiger partial charge in [-0.1, -0.05) is 18.2 Å². The molecule has 112 valence electrons. The third kappa shape index (κ3) is 3.04. The molecular formula is C17H15FN2OS. The smallest absolute Gasteiger partial charge is 0.267 e. The van der Waals surface area contributed by atoms with Gasteiger partial charge in [0.25, 0.3) is 5.91 Å². The van der Waals surface area contributed by atoms with E-state index >= 15 is 0 Å². The minimum Gasteiger partial charge on any atom is -0.267 e. The lowest BCUT2D eigenvalue weighted by atomic mass is 10.1. The fourth-order valence-electron chi connectivity index (χ4n) is 2.36. The molecule has 2 aromatic rings. The molecule has 0 bridgehead atoms. The van der Waals surface area contributed by atoms with Crippen molar-refractivity contribution in [3.8, 4) is 0 Å². The van der Waals surface area contributed by atoms with Crippen molar-refractivity contribution >= 4 is 23.4 Å². The first-order chi connectivity index (χ1) is 10.7. The van der Waals surface area contributed by atoms with Crippen LogP contribution < -0.4 is 0 Å².